The van der Waals surface area contributed by atoms with Crippen LogP contribution in [0.4, 0.5) is 5.69 Å². The average Bonchev–Trinajstić information content (AvgIpc) is 2.43. The molecule has 0 saturated heterocycles. The molecule has 0 amide bonds. The molecule has 0 spiro atoms. The van der Waals surface area contributed by atoms with Gasteiger partial charge >= 0.3 is 0 Å². The van der Waals surface area contributed by atoms with Gasteiger partial charge in [0.15, 0.2) is 0 Å². The Morgan fingerprint density at radius 2 is 1.70 bits per heavy atom. The highest BCUT2D eigenvalue weighted by Crippen LogP contribution is 2.54. The summed E-state index contributed by atoms with van der Waals surface area (Å²) in [6.07, 6.45) is 7.22. The van der Waals surface area contributed by atoms with Crippen LogP contribution in [0.3, 0.4) is 0 Å². The largest absolute Gasteiger partial charge is 0.381 e. The Labute approximate surface area is 128 Å². The lowest BCUT2D eigenvalue weighted by Gasteiger charge is -2.54. The van der Waals surface area contributed by atoms with E-state index in [-0.39, 0.29) is 0 Å². The van der Waals surface area contributed by atoms with Crippen LogP contribution in [0.2, 0.25) is 0 Å². The molecule has 0 aromatic heterocycles. The fourth-order valence-corrected chi connectivity index (χ4v) is 5.54. The first-order chi connectivity index (χ1) is 9.72. The van der Waals surface area contributed by atoms with Crippen molar-refractivity contribution in [1.29, 1.82) is 5.26 Å². The minimum atomic E-state index is 0.645. The number of nitrogens with zero attached hydrogens (tertiary/aromatic N) is 1. The van der Waals surface area contributed by atoms with E-state index in [1.54, 1.807) is 0 Å². The van der Waals surface area contributed by atoms with Gasteiger partial charge in [0, 0.05) is 16.2 Å². The summed E-state index contributed by atoms with van der Waals surface area (Å²) in [6, 6.07) is 8.71. The van der Waals surface area contributed by atoms with E-state index in [1.807, 2.05) is 18.2 Å². The Morgan fingerprint density at radius 1 is 1.05 bits per heavy atom. The van der Waals surface area contributed by atoms with Crippen LogP contribution in [0.25, 0.3) is 0 Å². The summed E-state index contributed by atoms with van der Waals surface area (Å²) in [7, 11) is 0. The van der Waals surface area contributed by atoms with Crippen molar-refractivity contribution in [3.05, 3.63) is 28.2 Å². The van der Waals surface area contributed by atoms with Crippen LogP contribution >= 0.6 is 15.9 Å². The highest BCUT2D eigenvalue weighted by atomic mass is 79.9. The summed E-state index contributed by atoms with van der Waals surface area (Å²) < 4.78 is 1.02. The second kappa shape index (κ2) is 4.77. The van der Waals surface area contributed by atoms with Gasteiger partial charge in [0.05, 0.1) is 11.6 Å². The quantitative estimate of drug-likeness (QED) is 0.862. The van der Waals surface area contributed by atoms with Crippen molar-refractivity contribution in [3.8, 4) is 6.07 Å². The molecule has 104 valence electrons. The van der Waals surface area contributed by atoms with E-state index in [2.05, 4.69) is 27.3 Å². The van der Waals surface area contributed by atoms with Crippen molar-refractivity contribution >= 4 is 21.6 Å². The van der Waals surface area contributed by atoms with Crippen LogP contribution < -0.4 is 5.32 Å². The number of anilines is 1. The first-order valence-electron chi connectivity index (χ1n) is 7.69. The van der Waals surface area contributed by atoms with E-state index < -0.39 is 0 Å². The van der Waals surface area contributed by atoms with Crippen LogP contribution in [0.15, 0.2) is 22.7 Å². The first kappa shape index (κ1) is 12.7. The van der Waals surface area contributed by atoms with E-state index >= 15 is 0 Å². The molecule has 0 aliphatic heterocycles. The summed E-state index contributed by atoms with van der Waals surface area (Å²) in [5.41, 5.74) is 1.87. The molecular weight excluding hydrogens is 312 g/mol. The Bertz CT molecular complexity index is 547. The minimum Gasteiger partial charge on any atom is -0.381 e. The second-order valence-corrected chi connectivity index (χ2v) is 7.76. The van der Waals surface area contributed by atoms with Crippen molar-refractivity contribution in [2.45, 2.75) is 38.1 Å². The number of benzene rings is 1. The maximum absolute atomic E-state index is 8.95. The predicted octanol–water partition coefficient (Wildman–Crippen LogP) is 4.56. The molecule has 3 heteroatoms. The van der Waals surface area contributed by atoms with Gasteiger partial charge in [0.2, 0.25) is 0 Å². The first-order valence-corrected chi connectivity index (χ1v) is 8.48. The summed E-state index contributed by atoms with van der Waals surface area (Å²) in [5, 5.41) is 12.7. The van der Waals surface area contributed by atoms with Crippen molar-refractivity contribution < 1.29 is 0 Å². The molecule has 4 aliphatic rings. The number of hydrogen-bond acceptors (Lipinski definition) is 2. The molecule has 4 fully saturated rings. The van der Waals surface area contributed by atoms with Crippen molar-refractivity contribution in [2.24, 2.45) is 23.7 Å². The van der Waals surface area contributed by atoms with Crippen molar-refractivity contribution in [1.82, 2.24) is 0 Å². The molecule has 5 rings (SSSR count). The zero-order valence-electron chi connectivity index (χ0n) is 11.5. The zero-order chi connectivity index (χ0) is 13.7. The molecule has 2 nitrogen and oxygen atoms in total. The second-order valence-electron chi connectivity index (χ2n) is 6.91. The van der Waals surface area contributed by atoms with Gasteiger partial charge in [-0.15, -0.1) is 0 Å². The molecule has 0 atom stereocenters. The molecule has 1 N–H and O–H groups in total. The van der Waals surface area contributed by atoms with Crippen molar-refractivity contribution in [2.75, 3.05) is 5.32 Å². The third kappa shape index (κ3) is 2.05. The highest BCUT2D eigenvalue weighted by Gasteiger charge is 2.48. The van der Waals surface area contributed by atoms with Crippen LogP contribution in [-0.2, 0) is 0 Å². The lowest BCUT2D eigenvalue weighted by atomic mass is 9.54. The van der Waals surface area contributed by atoms with E-state index in [9.17, 15) is 0 Å². The van der Waals surface area contributed by atoms with E-state index in [0.717, 1.165) is 33.8 Å². The van der Waals surface area contributed by atoms with Crippen LogP contribution in [-0.4, -0.2) is 6.04 Å². The molecule has 0 unspecified atom stereocenters. The lowest BCUT2D eigenvalue weighted by Crippen LogP contribution is -2.51. The van der Waals surface area contributed by atoms with Gasteiger partial charge in [-0.05, 0) is 89.9 Å². The summed E-state index contributed by atoms with van der Waals surface area (Å²) in [6.45, 7) is 0. The van der Waals surface area contributed by atoms with E-state index in [1.165, 1.54) is 32.1 Å². The fourth-order valence-electron chi connectivity index (χ4n) is 5.04. The van der Waals surface area contributed by atoms with Crippen LogP contribution in [0.1, 0.15) is 37.7 Å². The summed E-state index contributed by atoms with van der Waals surface area (Å²) >= 11 is 3.60. The zero-order valence-corrected chi connectivity index (χ0v) is 13.1. The van der Waals surface area contributed by atoms with Crippen LogP contribution in [0.5, 0.6) is 0 Å². The maximum atomic E-state index is 8.95. The van der Waals surface area contributed by atoms with Crippen molar-refractivity contribution in [3.63, 3.8) is 0 Å². The predicted molar refractivity (Wildman–Crippen MR) is 83.3 cm³/mol. The Morgan fingerprint density at radius 3 is 2.25 bits per heavy atom. The number of hydrogen-bond donors (Lipinski definition) is 1. The standard InChI is InChI=1S/C17H19BrN2/c18-15-8-10(9-19)1-2-16(15)20-17-13-4-11-3-12(6-13)7-14(17)5-11/h1-2,8,11-14,17,20H,3-7H2. The summed E-state index contributed by atoms with van der Waals surface area (Å²) in [4.78, 5) is 0. The summed E-state index contributed by atoms with van der Waals surface area (Å²) in [5.74, 6) is 3.77. The molecule has 0 heterocycles. The van der Waals surface area contributed by atoms with Gasteiger partial charge in [-0.2, -0.15) is 5.26 Å². The normalized spacial score (nSPS) is 37.7. The topological polar surface area (TPSA) is 35.8 Å². The third-order valence-electron chi connectivity index (χ3n) is 5.65. The highest BCUT2D eigenvalue weighted by molar-refractivity contribution is 9.10. The van der Waals surface area contributed by atoms with Gasteiger partial charge in [0.1, 0.15) is 0 Å². The van der Waals surface area contributed by atoms with Gasteiger partial charge < -0.3 is 5.32 Å². The SMILES string of the molecule is N#Cc1ccc(NC2C3CC4CC(C3)CC2C4)c(Br)c1. The van der Waals surface area contributed by atoms with E-state index in [4.69, 9.17) is 5.26 Å². The molecule has 4 aliphatic carbocycles. The molecule has 1 aromatic carbocycles. The van der Waals surface area contributed by atoms with Crippen LogP contribution in [0, 0.1) is 35.0 Å². The lowest BCUT2D eigenvalue weighted by molar-refractivity contribution is 0.00752. The Hall–Kier alpha value is -1.01. The molecular formula is C17H19BrN2. The molecule has 0 radical (unpaired) electrons. The van der Waals surface area contributed by atoms with Gasteiger partial charge in [0.25, 0.3) is 0 Å². The van der Waals surface area contributed by atoms with Gasteiger partial charge in [-0.1, -0.05) is 0 Å². The van der Waals surface area contributed by atoms with Gasteiger partial charge in [-0.3, -0.25) is 0 Å². The number of nitrogens with one attached hydrogen (secondary N) is 1. The molecule has 4 saturated carbocycles. The van der Waals surface area contributed by atoms with E-state index in [0.29, 0.717) is 11.6 Å². The number of halogens is 1. The third-order valence-corrected chi connectivity index (χ3v) is 6.30. The average molecular weight is 331 g/mol. The molecule has 20 heavy (non-hydrogen) atoms. The monoisotopic (exact) mass is 330 g/mol. The minimum absolute atomic E-state index is 0.645. The number of nitriles is 1. The molecule has 1 aromatic rings. The maximum Gasteiger partial charge on any atom is 0.0992 e. The molecule has 4 bridgehead atoms. The Balaban J connectivity index is 1.56. The van der Waals surface area contributed by atoms with Gasteiger partial charge in [-0.25, -0.2) is 0 Å². The number of rotatable bonds is 2. The fraction of sp³-hybridized carbons (Fsp3) is 0.588. The smallest absolute Gasteiger partial charge is 0.0992 e. The Kier molecular flexibility index (Phi) is 3.03.